The Kier molecular flexibility index (Phi) is 6.93. The number of carbonyl (C=O) groups excluding carboxylic acids is 2. The summed E-state index contributed by atoms with van der Waals surface area (Å²) in [6, 6.07) is 20.5. The second-order valence-electron chi connectivity index (χ2n) is 5.82. The number of esters is 1. The van der Waals surface area contributed by atoms with Crippen LogP contribution in [-0.2, 0) is 9.53 Å². The number of benzene rings is 3. The lowest BCUT2D eigenvalue weighted by Gasteiger charge is -2.18. The molecular formula is C21H14Cl2INO3. The van der Waals surface area contributed by atoms with Gasteiger partial charge < -0.3 is 10.1 Å². The zero-order chi connectivity index (χ0) is 20.1. The van der Waals surface area contributed by atoms with E-state index in [9.17, 15) is 9.59 Å². The topological polar surface area (TPSA) is 55.4 Å². The summed E-state index contributed by atoms with van der Waals surface area (Å²) in [5.41, 5.74) is 1.35. The van der Waals surface area contributed by atoms with Crippen molar-refractivity contribution in [2.24, 2.45) is 0 Å². The van der Waals surface area contributed by atoms with Crippen molar-refractivity contribution in [2.45, 2.75) is 6.10 Å². The van der Waals surface area contributed by atoms with Crippen molar-refractivity contribution < 1.29 is 14.3 Å². The van der Waals surface area contributed by atoms with Gasteiger partial charge >= 0.3 is 5.97 Å². The molecule has 28 heavy (non-hydrogen) atoms. The quantitative estimate of drug-likeness (QED) is 0.322. The number of hydrogen-bond donors (Lipinski definition) is 1. The van der Waals surface area contributed by atoms with Gasteiger partial charge in [0.25, 0.3) is 5.91 Å². The first-order valence-corrected chi connectivity index (χ1v) is 10.0. The number of rotatable bonds is 5. The largest absolute Gasteiger partial charge is 0.444 e. The van der Waals surface area contributed by atoms with E-state index >= 15 is 0 Å². The lowest BCUT2D eigenvalue weighted by Crippen LogP contribution is -2.26. The summed E-state index contributed by atoms with van der Waals surface area (Å²) in [7, 11) is 0. The van der Waals surface area contributed by atoms with Crippen LogP contribution < -0.4 is 5.32 Å². The zero-order valence-corrected chi connectivity index (χ0v) is 18.0. The molecule has 0 aliphatic heterocycles. The lowest BCUT2D eigenvalue weighted by atomic mass is 10.1. The van der Waals surface area contributed by atoms with Gasteiger partial charge in [-0.05, 0) is 52.9 Å². The maximum atomic E-state index is 12.9. The second-order valence-corrected chi connectivity index (χ2v) is 7.86. The summed E-state index contributed by atoms with van der Waals surface area (Å²) in [5.74, 6) is -1.10. The minimum Gasteiger partial charge on any atom is -0.444 e. The van der Waals surface area contributed by atoms with Gasteiger partial charge in [0.1, 0.15) is 0 Å². The third-order valence-corrected chi connectivity index (χ3v) is 5.17. The Morgan fingerprint density at radius 3 is 2.14 bits per heavy atom. The number of halogens is 3. The Morgan fingerprint density at radius 2 is 1.50 bits per heavy atom. The fourth-order valence-corrected chi connectivity index (χ4v) is 3.67. The van der Waals surface area contributed by atoms with E-state index in [2.05, 4.69) is 5.32 Å². The summed E-state index contributed by atoms with van der Waals surface area (Å²) in [6.45, 7) is 0. The number of nitrogens with one attached hydrogen (secondary N) is 1. The van der Waals surface area contributed by atoms with Gasteiger partial charge in [0.2, 0.25) is 6.10 Å². The first kappa shape index (κ1) is 20.6. The fraction of sp³-hybridized carbons (Fsp3) is 0.0476. The van der Waals surface area contributed by atoms with E-state index in [1.54, 1.807) is 60.7 Å². The van der Waals surface area contributed by atoms with Crippen molar-refractivity contribution in [2.75, 3.05) is 5.32 Å². The van der Waals surface area contributed by atoms with Gasteiger partial charge in [-0.1, -0.05) is 65.7 Å². The van der Waals surface area contributed by atoms with Gasteiger partial charge in [-0.15, -0.1) is 0 Å². The Balaban J connectivity index is 1.88. The molecule has 0 saturated heterocycles. The Bertz CT molecular complexity index is 991. The highest BCUT2D eigenvalue weighted by Gasteiger charge is 2.26. The van der Waals surface area contributed by atoms with Crippen LogP contribution in [0.1, 0.15) is 22.0 Å². The van der Waals surface area contributed by atoms with Crippen LogP contribution in [0.25, 0.3) is 0 Å². The van der Waals surface area contributed by atoms with E-state index in [1.807, 2.05) is 34.7 Å². The normalized spacial score (nSPS) is 11.5. The van der Waals surface area contributed by atoms with E-state index in [-0.39, 0.29) is 0 Å². The van der Waals surface area contributed by atoms with Crippen LogP contribution >= 0.6 is 45.8 Å². The molecule has 1 N–H and O–H groups in total. The summed E-state index contributed by atoms with van der Waals surface area (Å²) in [4.78, 5) is 25.6. The predicted octanol–water partition coefficient (Wildman–Crippen LogP) is 6.13. The molecule has 0 fully saturated rings. The maximum Gasteiger partial charge on any atom is 0.340 e. The van der Waals surface area contributed by atoms with Crippen LogP contribution in [0.15, 0.2) is 72.8 Å². The first-order chi connectivity index (χ1) is 13.4. The van der Waals surface area contributed by atoms with Crippen LogP contribution in [0.4, 0.5) is 5.69 Å². The van der Waals surface area contributed by atoms with Crippen molar-refractivity contribution in [1.82, 2.24) is 0 Å². The minimum absolute atomic E-state index is 0.384. The number of anilines is 1. The van der Waals surface area contributed by atoms with Crippen molar-refractivity contribution in [3.05, 3.63) is 97.5 Å². The SMILES string of the molecule is O=C(OC(C(=O)Nc1cc(Cl)cc(Cl)c1)c1ccccc1)c1ccccc1I. The highest BCUT2D eigenvalue weighted by molar-refractivity contribution is 14.1. The van der Waals surface area contributed by atoms with Gasteiger partial charge in [-0.2, -0.15) is 0 Å². The average molecular weight is 526 g/mol. The third-order valence-electron chi connectivity index (χ3n) is 3.79. The summed E-state index contributed by atoms with van der Waals surface area (Å²) >= 11 is 14.0. The molecule has 0 saturated carbocycles. The molecule has 0 radical (unpaired) electrons. The summed E-state index contributed by atoms with van der Waals surface area (Å²) in [5, 5.41) is 3.48. The van der Waals surface area contributed by atoms with E-state index in [4.69, 9.17) is 27.9 Å². The summed E-state index contributed by atoms with van der Waals surface area (Å²) < 4.78 is 6.31. The van der Waals surface area contributed by atoms with Gasteiger partial charge in [-0.3, -0.25) is 4.79 Å². The van der Waals surface area contributed by atoms with Crippen LogP contribution in [0.2, 0.25) is 10.0 Å². The van der Waals surface area contributed by atoms with Crippen molar-refractivity contribution in [1.29, 1.82) is 0 Å². The Hall–Kier alpha value is -2.09. The molecule has 3 rings (SSSR count). The first-order valence-electron chi connectivity index (χ1n) is 8.21. The molecule has 1 amide bonds. The number of hydrogen-bond acceptors (Lipinski definition) is 3. The molecule has 0 aliphatic carbocycles. The number of ether oxygens (including phenoxy) is 1. The Morgan fingerprint density at radius 1 is 0.893 bits per heavy atom. The molecule has 0 heterocycles. The van der Waals surface area contributed by atoms with Crippen molar-refractivity contribution >= 4 is 63.4 Å². The smallest absolute Gasteiger partial charge is 0.340 e. The van der Waals surface area contributed by atoms with E-state index in [1.165, 1.54) is 0 Å². The predicted molar refractivity (Wildman–Crippen MR) is 119 cm³/mol. The molecule has 1 atom stereocenters. The molecule has 0 bridgehead atoms. The van der Waals surface area contributed by atoms with Crippen LogP contribution in [0.3, 0.4) is 0 Å². The molecule has 7 heteroatoms. The van der Waals surface area contributed by atoms with E-state index < -0.39 is 18.0 Å². The molecule has 0 spiro atoms. The van der Waals surface area contributed by atoms with Crippen molar-refractivity contribution in [3.63, 3.8) is 0 Å². The maximum absolute atomic E-state index is 12.9. The standard InChI is InChI=1S/C21H14Cl2INO3/c22-14-10-15(23)12-16(11-14)25-20(26)19(13-6-2-1-3-7-13)28-21(27)17-8-4-5-9-18(17)24/h1-12,19H,(H,25,26). The lowest BCUT2D eigenvalue weighted by molar-refractivity contribution is -0.125. The molecule has 0 aromatic heterocycles. The van der Waals surface area contributed by atoms with E-state index in [0.717, 1.165) is 3.57 Å². The highest BCUT2D eigenvalue weighted by Crippen LogP contribution is 2.26. The molecule has 3 aromatic carbocycles. The minimum atomic E-state index is -1.14. The van der Waals surface area contributed by atoms with Gasteiger partial charge in [0.15, 0.2) is 0 Å². The Labute approximate surface area is 185 Å². The summed E-state index contributed by atoms with van der Waals surface area (Å²) in [6.07, 6.45) is -1.14. The molecule has 1 unspecified atom stereocenters. The van der Waals surface area contributed by atoms with Crippen molar-refractivity contribution in [3.8, 4) is 0 Å². The molecular weight excluding hydrogens is 512 g/mol. The number of carbonyl (C=O) groups is 2. The van der Waals surface area contributed by atoms with Gasteiger partial charge in [0.05, 0.1) is 5.56 Å². The average Bonchev–Trinajstić information content (AvgIpc) is 2.66. The fourth-order valence-electron chi connectivity index (χ4n) is 2.53. The molecule has 142 valence electrons. The van der Waals surface area contributed by atoms with E-state index in [0.29, 0.717) is 26.9 Å². The monoisotopic (exact) mass is 525 g/mol. The van der Waals surface area contributed by atoms with Gasteiger partial charge in [0, 0.05) is 24.9 Å². The van der Waals surface area contributed by atoms with Crippen LogP contribution in [0.5, 0.6) is 0 Å². The second kappa shape index (κ2) is 9.41. The van der Waals surface area contributed by atoms with Gasteiger partial charge in [-0.25, -0.2) is 4.79 Å². The molecule has 4 nitrogen and oxygen atoms in total. The third kappa shape index (κ3) is 5.25. The number of amides is 1. The van der Waals surface area contributed by atoms with Crippen LogP contribution in [-0.4, -0.2) is 11.9 Å². The molecule has 0 aliphatic rings. The molecule has 3 aromatic rings. The highest BCUT2D eigenvalue weighted by atomic mass is 127. The van der Waals surface area contributed by atoms with Crippen LogP contribution in [0, 0.1) is 3.57 Å². The zero-order valence-electron chi connectivity index (χ0n) is 14.4.